The average molecular weight is 429 g/mol. The molecule has 0 bridgehead atoms. The van der Waals surface area contributed by atoms with Crippen molar-refractivity contribution >= 4 is 27.0 Å². The Hall–Kier alpha value is -2.71. The monoisotopic (exact) mass is 428 g/mol. The van der Waals surface area contributed by atoms with Gasteiger partial charge in [0.25, 0.3) is 5.91 Å². The molecule has 0 aliphatic carbocycles. The zero-order valence-electron chi connectivity index (χ0n) is 18.0. The minimum atomic E-state index is -3.64. The van der Waals surface area contributed by atoms with Gasteiger partial charge in [-0.1, -0.05) is 19.1 Å². The van der Waals surface area contributed by atoms with Crippen LogP contribution in [0, 0.1) is 0 Å². The third-order valence-electron chi connectivity index (χ3n) is 5.06. The van der Waals surface area contributed by atoms with Crippen LogP contribution in [-0.2, 0) is 30.0 Å². The zero-order valence-corrected chi connectivity index (χ0v) is 18.8. The summed E-state index contributed by atoms with van der Waals surface area (Å²) in [5, 5.41) is 2.86. The highest BCUT2D eigenvalue weighted by atomic mass is 32.2. The van der Waals surface area contributed by atoms with Crippen LogP contribution in [-0.4, -0.2) is 41.3 Å². The fourth-order valence-corrected chi connectivity index (χ4v) is 4.36. The first kappa shape index (κ1) is 22.0. The molecule has 1 aromatic heterocycles. The number of hydrogen-bond donors (Lipinski definition) is 1. The number of rotatable bonds is 7. The van der Waals surface area contributed by atoms with E-state index in [1.54, 1.807) is 31.3 Å². The predicted octanol–water partition coefficient (Wildman–Crippen LogP) is 3.09. The van der Waals surface area contributed by atoms with E-state index in [-0.39, 0.29) is 23.4 Å². The highest BCUT2D eigenvalue weighted by Gasteiger charge is 2.23. The topological polar surface area (TPSA) is 84.3 Å². The lowest BCUT2D eigenvalue weighted by atomic mass is 10.2. The molecule has 0 unspecified atom stereocenters. The fraction of sp³-hybridized carbons (Fsp3) is 0.364. The number of aromatic nitrogens is 2. The Bertz CT molecular complexity index is 1170. The number of carbonyl (C=O) groups is 1. The molecule has 2 aromatic carbocycles. The standard InChI is InChI=1S/C22H28N4O3S/c1-6-16-7-10-18(11-8-16)30(28,29)25(4)14-21-24-19-13-17(22(27)23-15(2)3)9-12-20(19)26(21)5/h7-13,15H,6,14H2,1-5H3,(H,23,27). The molecule has 1 heterocycles. The molecule has 160 valence electrons. The van der Waals surface area contributed by atoms with Crippen molar-refractivity contribution in [3.05, 3.63) is 59.4 Å². The smallest absolute Gasteiger partial charge is 0.251 e. The van der Waals surface area contributed by atoms with Gasteiger partial charge in [-0.2, -0.15) is 4.31 Å². The second kappa shape index (κ2) is 8.57. The van der Waals surface area contributed by atoms with E-state index < -0.39 is 10.0 Å². The summed E-state index contributed by atoms with van der Waals surface area (Å²) in [4.78, 5) is 17.1. The lowest BCUT2D eigenvalue weighted by molar-refractivity contribution is 0.0943. The molecule has 1 N–H and O–H groups in total. The molecule has 1 amide bonds. The maximum absolute atomic E-state index is 12.9. The van der Waals surface area contributed by atoms with Crippen molar-refractivity contribution in [2.75, 3.05) is 7.05 Å². The van der Waals surface area contributed by atoms with Crippen LogP contribution in [0.4, 0.5) is 0 Å². The number of sulfonamides is 1. The van der Waals surface area contributed by atoms with Gasteiger partial charge in [-0.15, -0.1) is 0 Å². The average Bonchev–Trinajstić information content (AvgIpc) is 3.02. The van der Waals surface area contributed by atoms with Crippen molar-refractivity contribution in [1.29, 1.82) is 0 Å². The van der Waals surface area contributed by atoms with Gasteiger partial charge >= 0.3 is 0 Å². The molecule has 0 atom stereocenters. The van der Waals surface area contributed by atoms with Crippen molar-refractivity contribution in [2.45, 2.75) is 44.7 Å². The number of aryl methyl sites for hydroxylation is 2. The highest BCUT2D eigenvalue weighted by molar-refractivity contribution is 7.89. The van der Waals surface area contributed by atoms with E-state index >= 15 is 0 Å². The molecule has 0 aliphatic heterocycles. The summed E-state index contributed by atoms with van der Waals surface area (Å²) >= 11 is 0. The van der Waals surface area contributed by atoms with Crippen LogP contribution in [0.1, 0.15) is 42.5 Å². The third kappa shape index (κ3) is 4.39. The molecule has 0 saturated carbocycles. The molecular formula is C22H28N4O3S. The lowest BCUT2D eigenvalue weighted by Crippen LogP contribution is -2.29. The normalized spacial score (nSPS) is 12.1. The minimum absolute atomic E-state index is 0.0396. The van der Waals surface area contributed by atoms with Crippen LogP contribution < -0.4 is 5.32 Å². The largest absolute Gasteiger partial charge is 0.350 e. The predicted molar refractivity (Wildman–Crippen MR) is 118 cm³/mol. The molecule has 0 fully saturated rings. The summed E-state index contributed by atoms with van der Waals surface area (Å²) in [6.07, 6.45) is 0.854. The summed E-state index contributed by atoms with van der Waals surface area (Å²) in [5.74, 6) is 0.442. The van der Waals surface area contributed by atoms with Crippen LogP contribution in [0.25, 0.3) is 11.0 Å². The van der Waals surface area contributed by atoms with Crippen LogP contribution in [0.3, 0.4) is 0 Å². The number of nitrogens with one attached hydrogen (secondary N) is 1. The van der Waals surface area contributed by atoms with Gasteiger partial charge in [0.15, 0.2) is 0 Å². The molecule has 0 aliphatic rings. The van der Waals surface area contributed by atoms with Gasteiger partial charge in [0.1, 0.15) is 5.82 Å². The second-order valence-electron chi connectivity index (χ2n) is 7.68. The number of carbonyl (C=O) groups excluding carboxylic acids is 1. The molecular weight excluding hydrogens is 400 g/mol. The van der Waals surface area contributed by atoms with Crippen molar-refractivity contribution < 1.29 is 13.2 Å². The quantitative estimate of drug-likeness (QED) is 0.627. The maximum atomic E-state index is 12.9. The van der Waals surface area contributed by atoms with E-state index in [4.69, 9.17) is 0 Å². The van der Waals surface area contributed by atoms with Crippen LogP contribution in [0.5, 0.6) is 0 Å². The maximum Gasteiger partial charge on any atom is 0.251 e. The molecule has 0 radical (unpaired) electrons. The van der Waals surface area contributed by atoms with E-state index in [0.29, 0.717) is 16.9 Å². The molecule has 3 aromatic rings. The van der Waals surface area contributed by atoms with Gasteiger partial charge in [-0.05, 0) is 56.2 Å². The Morgan fingerprint density at radius 2 is 1.83 bits per heavy atom. The van der Waals surface area contributed by atoms with Crippen molar-refractivity contribution in [3.8, 4) is 0 Å². The van der Waals surface area contributed by atoms with Gasteiger partial charge in [0.05, 0.1) is 22.5 Å². The minimum Gasteiger partial charge on any atom is -0.350 e. The van der Waals surface area contributed by atoms with Gasteiger partial charge in [-0.25, -0.2) is 13.4 Å². The molecule has 7 nitrogen and oxygen atoms in total. The molecule has 0 spiro atoms. The molecule has 30 heavy (non-hydrogen) atoms. The highest BCUT2D eigenvalue weighted by Crippen LogP contribution is 2.21. The van der Waals surface area contributed by atoms with Gasteiger partial charge in [0, 0.05) is 25.7 Å². The molecule has 3 rings (SSSR count). The van der Waals surface area contributed by atoms with Gasteiger partial charge in [0.2, 0.25) is 10.0 Å². The van der Waals surface area contributed by atoms with E-state index in [9.17, 15) is 13.2 Å². The van der Waals surface area contributed by atoms with E-state index in [1.165, 1.54) is 4.31 Å². The Kier molecular flexibility index (Phi) is 6.28. The van der Waals surface area contributed by atoms with Crippen LogP contribution in [0.2, 0.25) is 0 Å². The number of imidazole rings is 1. The SMILES string of the molecule is CCc1ccc(S(=O)(=O)N(C)Cc2nc3cc(C(=O)NC(C)C)ccc3n2C)cc1. The van der Waals surface area contributed by atoms with E-state index in [0.717, 1.165) is 17.5 Å². The van der Waals surface area contributed by atoms with Gasteiger partial charge < -0.3 is 9.88 Å². The van der Waals surface area contributed by atoms with Gasteiger partial charge in [-0.3, -0.25) is 4.79 Å². The number of amides is 1. The first-order valence-corrected chi connectivity index (χ1v) is 11.4. The third-order valence-corrected chi connectivity index (χ3v) is 6.88. The first-order valence-electron chi connectivity index (χ1n) is 9.95. The number of hydrogen-bond acceptors (Lipinski definition) is 4. The summed E-state index contributed by atoms with van der Waals surface area (Å²) in [6.45, 7) is 5.96. The second-order valence-corrected chi connectivity index (χ2v) is 9.72. The number of fused-ring (bicyclic) bond motifs is 1. The summed E-state index contributed by atoms with van der Waals surface area (Å²) in [7, 11) is -0.248. The van der Waals surface area contributed by atoms with Crippen molar-refractivity contribution in [1.82, 2.24) is 19.2 Å². The van der Waals surface area contributed by atoms with E-state index in [1.807, 2.05) is 50.6 Å². The van der Waals surface area contributed by atoms with Crippen LogP contribution in [0.15, 0.2) is 47.4 Å². The van der Waals surface area contributed by atoms with Crippen LogP contribution >= 0.6 is 0 Å². The zero-order chi connectivity index (χ0) is 22.1. The Morgan fingerprint density at radius 1 is 1.17 bits per heavy atom. The van der Waals surface area contributed by atoms with Crippen molar-refractivity contribution in [3.63, 3.8) is 0 Å². The van der Waals surface area contributed by atoms with E-state index in [2.05, 4.69) is 10.3 Å². The molecule has 0 saturated heterocycles. The number of nitrogens with zero attached hydrogens (tertiary/aromatic N) is 3. The Morgan fingerprint density at radius 3 is 2.43 bits per heavy atom. The first-order chi connectivity index (χ1) is 14.1. The summed E-state index contributed by atoms with van der Waals surface area (Å²) in [6, 6.07) is 12.3. The fourth-order valence-electron chi connectivity index (χ4n) is 3.24. The Balaban J connectivity index is 1.87. The number of benzene rings is 2. The van der Waals surface area contributed by atoms with Crippen molar-refractivity contribution in [2.24, 2.45) is 7.05 Å². The summed E-state index contributed by atoms with van der Waals surface area (Å²) in [5.41, 5.74) is 3.10. The summed E-state index contributed by atoms with van der Waals surface area (Å²) < 4.78 is 29.0. The molecule has 8 heteroatoms. The lowest BCUT2D eigenvalue weighted by Gasteiger charge is -2.17. The Labute approximate surface area is 177 Å².